The molecule has 534 valence electrons. The summed E-state index contributed by atoms with van der Waals surface area (Å²) in [4.78, 5) is 72.5. The van der Waals surface area contributed by atoms with Crippen molar-refractivity contribution in [2.45, 2.75) is 375 Å². The van der Waals surface area contributed by atoms with Crippen LogP contribution in [0.15, 0.2) is 0 Å². The van der Waals surface area contributed by atoms with Crippen LogP contribution in [0.5, 0.6) is 0 Å². The highest BCUT2D eigenvalue weighted by atomic mass is 31.2. The van der Waals surface area contributed by atoms with Crippen LogP contribution in [0, 0.1) is 17.8 Å². The Hall–Kier alpha value is -1.94. The molecule has 0 aromatic carbocycles. The van der Waals surface area contributed by atoms with E-state index in [2.05, 4.69) is 48.5 Å². The Morgan fingerprint density at radius 3 is 0.844 bits per heavy atom. The smallest absolute Gasteiger partial charge is 0.462 e. The van der Waals surface area contributed by atoms with E-state index in [0.717, 1.165) is 102 Å². The monoisotopic (exact) mass is 1320 g/mol. The highest BCUT2D eigenvalue weighted by molar-refractivity contribution is 7.47. The third kappa shape index (κ3) is 63.5. The van der Waals surface area contributed by atoms with Gasteiger partial charge in [-0.2, -0.15) is 0 Å². The molecule has 0 aliphatic heterocycles. The van der Waals surface area contributed by atoms with E-state index in [0.29, 0.717) is 37.5 Å². The maximum Gasteiger partial charge on any atom is 0.472 e. The quantitative estimate of drug-likeness (QED) is 0.0222. The summed E-state index contributed by atoms with van der Waals surface area (Å²) in [7, 11) is -9.90. The van der Waals surface area contributed by atoms with Gasteiger partial charge in [0.05, 0.1) is 26.4 Å². The molecular formula is C71H138O17P2. The number of carbonyl (C=O) groups is 4. The third-order valence-electron chi connectivity index (χ3n) is 16.7. The number of unbranched alkanes of at least 4 members (excludes halogenated alkanes) is 36. The zero-order valence-electron chi connectivity index (χ0n) is 58.6. The predicted molar refractivity (Wildman–Crippen MR) is 363 cm³/mol. The molecule has 0 aliphatic carbocycles. The van der Waals surface area contributed by atoms with Crippen molar-refractivity contribution in [3.05, 3.63) is 0 Å². The molecule has 90 heavy (non-hydrogen) atoms. The van der Waals surface area contributed by atoms with Crippen LogP contribution < -0.4 is 0 Å². The van der Waals surface area contributed by atoms with Crippen LogP contribution >= 0.6 is 15.6 Å². The van der Waals surface area contributed by atoms with Crippen LogP contribution in [0.25, 0.3) is 0 Å². The summed E-state index contributed by atoms with van der Waals surface area (Å²) in [6, 6.07) is 0. The fraction of sp³-hybridized carbons (Fsp3) is 0.944. The Morgan fingerprint density at radius 2 is 0.567 bits per heavy atom. The van der Waals surface area contributed by atoms with Crippen molar-refractivity contribution in [1.29, 1.82) is 0 Å². The molecule has 6 atom stereocenters. The van der Waals surface area contributed by atoms with Gasteiger partial charge in [-0.3, -0.25) is 37.3 Å². The predicted octanol–water partition coefficient (Wildman–Crippen LogP) is 20.2. The summed E-state index contributed by atoms with van der Waals surface area (Å²) in [5, 5.41) is 10.6. The van der Waals surface area contributed by atoms with Crippen molar-refractivity contribution in [2.75, 3.05) is 39.6 Å². The lowest BCUT2D eigenvalue weighted by Gasteiger charge is -2.21. The Labute approximate surface area is 549 Å². The average molecular weight is 1330 g/mol. The highest BCUT2D eigenvalue weighted by Gasteiger charge is 2.30. The van der Waals surface area contributed by atoms with E-state index < -0.39 is 97.5 Å². The topological polar surface area (TPSA) is 237 Å². The highest BCUT2D eigenvalue weighted by Crippen LogP contribution is 2.45. The van der Waals surface area contributed by atoms with Gasteiger partial charge in [-0.25, -0.2) is 9.13 Å². The van der Waals surface area contributed by atoms with Gasteiger partial charge in [0.2, 0.25) is 0 Å². The second-order valence-electron chi connectivity index (χ2n) is 26.8. The fourth-order valence-corrected chi connectivity index (χ4v) is 12.3. The lowest BCUT2D eigenvalue weighted by molar-refractivity contribution is -0.161. The summed E-state index contributed by atoms with van der Waals surface area (Å²) in [5.74, 6) is 0.0831. The molecule has 0 spiro atoms. The number of ether oxygens (including phenoxy) is 4. The first-order chi connectivity index (χ1) is 43.3. The lowest BCUT2D eigenvalue weighted by atomic mass is 9.99. The molecule has 0 aliphatic rings. The van der Waals surface area contributed by atoms with E-state index in [9.17, 15) is 43.2 Å². The van der Waals surface area contributed by atoms with E-state index in [1.807, 2.05) is 0 Å². The van der Waals surface area contributed by atoms with Gasteiger partial charge in [-0.1, -0.05) is 305 Å². The number of hydrogen-bond donors (Lipinski definition) is 3. The van der Waals surface area contributed by atoms with E-state index in [-0.39, 0.29) is 25.7 Å². The summed E-state index contributed by atoms with van der Waals surface area (Å²) >= 11 is 0. The minimum Gasteiger partial charge on any atom is -0.462 e. The van der Waals surface area contributed by atoms with Crippen molar-refractivity contribution in [3.8, 4) is 0 Å². The van der Waals surface area contributed by atoms with E-state index >= 15 is 0 Å². The molecule has 3 unspecified atom stereocenters. The van der Waals surface area contributed by atoms with Crippen LogP contribution in [0.3, 0.4) is 0 Å². The first kappa shape index (κ1) is 88.1. The summed E-state index contributed by atoms with van der Waals surface area (Å²) in [6.45, 7) is 11.8. The van der Waals surface area contributed by atoms with Gasteiger partial charge in [0.25, 0.3) is 0 Å². The Bertz CT molecular complexity index is 1770. The van der Waals surface area contributed by atoms with Gasteiger partial charge in [0.1, 0.15) is 19.3 Å². The second kappa shape index (κ2) is 61.9. The van der Waals surface area contributed by atoms with Gasteiger partial charge >= 0.3 is 39.5 Å². The van der Waals surface area contributed by atoms with Gasteiger partial charge in [-0.15, -0.1) is 0 Å². The molecule has 0 saturated carbocycles. The third-order valence-corrected chi connectivity index (χ3v) is 18.6. The molecule has 0 bridgehead atoms. The maximum atomic E-state index is 13.0. The van der Waals surface area contributed by atoms with Crippen LogP contribution in [0.2, 0.25) is 0 Å². The number of esters is 4. The molecule has 0 radical (unpaired) electrons. The molecule has 0 heterocycles. The molecule has 3 N–H and O–H groups in total. The normalized spacial score (nSPS) is 14.5. The number of aliphatic hydroxyl groups is 1. The molecule has 0 aromatic rings. The summed E-state index contributed by atoms with van der Waals surface area (Å²) in [6.07, 6.45) is 45.9. The van der Waals surface area contributed by atoms with Gasteiger partial charge < -0.3 is 33.8 Å². The van der Waals surface area contributed by atoms with E-state index in [1.165, 1.54) is 161 Å². The molecular weight excluding hydrogens is 1190 g/mol. The van der Waals surface area contributed by atoms with Crippen LogP contribution in [-0.4, -0.2) is 96.7 Å². The fourth-order valence-electron chi connectivity index (χ4n) is 10.7. The van der Waals surface area contributed by atoms with Crippen LogP contribution in [0.1, 0.15) is 357 Å². The zero-order valence-corrected chi connectivity index (χ0v) is 60.4. The molecule has 17 nitrogen and oxygen atoms in total. The van der Waals surface area contributed by atoms with E-state index in [1.54, 1.807) is 0 Å². The van der Waals surface area contributed by atoms with Crippen molar-refractivity contribution < 1.29 is 80.2 Å². The lowest BCUT2D eigenvalue weighted by Crippen LogP contribution is -2.30. The standard InChI is InChI=1S/C71H138O17P2/c1-8-10-11-12-13-14-15-16-17-18-19-20-25-32-40-47-54-70(75)87-66(58-81-68(73)52-45-38-31-24-22-21-23-30-37-44-51-64(7)9-2)60-85-89(77,78)83-56-65(72)57-84-90(79,80)86-61-67(88-71(76)55-48-41-34-27-29-36-43-50-63(5)6)59-82-69(74)53-46-39-33-26-28-35-42-49-62(3)4/h62-67,72H,8-61H2,1-7H3,(H,77,78)(H,79,80)/t64?,65-,66-,67-/m1/s1. The van der Waals surface area contributed by atoms with Crippen LogP contribution in [-0.2, 0) is 65.4 Å². The van der Waals surface area contributed by atoms with Gasteiger partial charge in [0, 0.05) is 25.7 Å². The number of phosphoric acid groups is 2. The second-order valence-corrected chi connectivity index (χ2v) is 29.7. The van der Waals surface area contributed by atoms with Crippen molar-refractivity contribution >= 4 is 39.5 Å². The minimum absolute atomic E-state index is 0.102. The number of carbonyl (C=O) groups excluding carboxylic acids is 4. The van der Waals surface area contributed by atoms with Crippen molar-refractivity contribution in [1.82, 2.24) is 0 Å². The summed E-state index contributed by atoms with van der Waals surface area (Å²) < 4.78 is 68.3. The molecule has 0 amide bonds. The molecule has 19 heteroatoms. The summed E-state index contributed by atoms with van der Waals surface area (Å²) in [5.41, 5.74) is 0. The molecule has 0 saturated heterocycles. The Kier molecular flexibility index (Phi) is 60.6. The number of rotatable bonds is 69. The first-order valence-electron chi connectivity index (χ1n) is 36.9. The van der Waals surface area contributed by atoms with Gasteiger partial charge in [0.15, 0.2) is 12.2 Å². The van der Waals surface area contributed by atoms with E-state index in [4.69, 9.17) is 37.0 Å². The first-order valence-corrected chi connectivity index (χ1v) is 39.9. The molecule has 0 fully saturated rings. The average Bonchev–Trinajstić information content (AvgIpc) is 2.97. The molecule has 0 aromatic heterocycles. The zero-order chi connectivity index (χ0) is 66.6. The number of phosphoric ester groups is 2. The van der Waals surface area contributed by atoms with Crippen LogP contribution in [0.4, 0.5) is 0 Å². The minimum atomic E-state index is -4.95. The maximum absolute atomic E-state index is 13.0. The van der Waals surface area contributed by atoms with Gasteiger partial charge in [-0.05, 0) is 43.4 Å². The Morgan fingerprint density at radius 1 is 0.322 bits per heavy atom. The van der Waals surface area contributed by atoms with Crippen molar-refractivity contribution in [3.63, 3.8) is 0 Å². The Balaban J connectivity index is 5.24. The molecule has 0 rings (SSSR count). The number of hydrogen-bond acceptors (Lipinski definition) is 15. The number of aliphatic hydroxyl groups excluding tert-OH is 1. The largest absolute Gasteiger partial charge is 0.472 e. The van der Waals surface area contributed by atoms with Crippen molar-refractivity contribution in [2.24, 2.45) is 17.8 Å². The SMILES string of the molecule is CCCCCCCCCCCCCCCCCCC(=O)O[C@H](COC(=O)CCCCCCCCCCCCC(C)CC)COP(=O)(O)OC[C@@H](O)COP(=O)(O)OC[C@@H](COC(=O)CCCCCCCCCC(C)C)OC(=O)CCCCCCCCCC(C)C.